The highest BCUT2D eigenvalue weighted by Gasteiger charge is 2.36. The van der Waals surface area contributed by atoms with E-state index >= 15 is 0 Å². The summed E-state index contributed by atoms with van der Waals surface area (Å²) in [5.74, 6) is 0.513. The largest absolute Gasteiger partial charge is 0.528 e. The SMILES string of the molecule is CC(O)=S.CCCCCCCCCCCCCCCC(CCCCCCCCC)C(C)(C)C(=O)O[SiH3]. The fourth-order valence-corrected chi connectivity index (χ4v) is 5.58. The number of thiocarbonyl (C=S) groups is 1. The molecule has 5 heteroatoms. The molecule has 0 aliphatic heterocycles. The molecule has 0 bridgehead atoms. The van der Waals surface area contributed by atoms with Crippen LogP contribution in [0, 0.1) is 11.3 Å². The predicted molar refractivity (Wildman–Crippen MR) is 167 cm³/mol. The highest BCUT2D eigenvalue weighted by molar-refractivity contribution is 7.79. The first-order valence-corrected chi connectivity index (χ1v) is 16.7. The summed E-state index contributed by atoms with van der Waals surface area (Å²) in [6.07, 6.45) is 30.0. The van der Waals surface area contributed by atoms with Gasteiger partial charge in [0.2, 0.25) is 10.5 Å². The average molecular weight is 545 g/mol. The van der Waals surface area contributed by atoms with Crippen LogP contribution in [0.2, 0.25) is 0 Å². The summed E-state index contributed by atoms with van der Waals surface area (Å²) in [6.45, 7) is 10.3. The van der Waals surface area contributed by atoms with E-state index in [9.17, 15) is 4.79 Å². The summed E-state index contributed by atoms with van der Waals surface area (Å²) in [7, 11) is 0.513. The molecule has 0 rings (SSSR count). The minimum absolute atomic E-state index is 0.000000000000000222. The highest BCUT2D eigenvalue weighted by atomic mass is 32.1. The number of rotatable bonds is 24. The maximum atomic E-state index is 12.4. The standard InChI is InChI=1S/C29H60O2Si.C2H4OS/c1-5-7-9-11-13-14-15-16-17-18-20-22-24-26-27(29(3,4)28(30)31-32)25-23-21-19-12-10-8-6-2;1-2(3)4/h27H,5-26H2,1-4,32H3;1H3,(H,3,4). The van der Waals surface area contributed by atoms with E-state index in [-0.39, 0.29) is 16.4 Å². The quantitative estimate of drug-likeness (QED) is 0.0746. The molecular formula is C31H64O3SSi. The Morgan fingerprint density at radius 1 is 0.694 bits per heavy atom. The number of hydrogen-bond donors (Lipinski definition) is 1. The van der Waals surface area contributed by atoms with Gasteiger partial charge in [0.25, 0.3) is 5.97 Å². The number of aliphatic hydroxyl groups is 1. The van der Waals surface area contributed by atoms with E-state index in [0.717, 1.165) is 0 Å². The Morgan fingerprint density at radius 3 is 1.19 bits per heavy atom. The molecule has 0 aliphatic carbocycles. The molecule has 3 nitrogen and oxygen atoms in total. The second-order valence-corrected chi connectivity index (χ2v) is 12.4. The highest BCUT2D eigenvalue weighted by Crippen LogP contribution is 2.36. The second-order valence-electron chi connectivity index (χ2n) is 11.4. The molecule has 0 aromatic carbocycles. The number of carbonyl (C=O) groups excluding carboxylic acids is 1. The average Bonchev–Trinajstić information content (AvgIpc) is 2.83. The molecule has 0 spiro atoms. The third kappa shape index (κ3) is 25.2. The maximum Gasteiger partial charge on any atom is 0.297 e. The Morgan fingerprint density at radius 2 is 0.944 bits per heavy atom. The molecule has 0 saturated heterocycles. The summed E-state index contributed by atoms with van der Waals surface area (Å²) in [5, 5.41) is 7.79. The zero-order valence-corrected chi connectivity index (χ0v) is 28.1. The topological polar surface area (TPSA) is 46.5 Å². The lowest BCUT2D eigenvalue weighted by Crippen LogP contribution is -2.34. The van der Waals surface area contributed by atoms with Crippen LogP contribution in [0.1, 0.15) is 176 Å². The van der Waals surface area contributed by atoms with Gasteiger partial charge in [-0.15, -0.1) is 0 Å². The molecule has 36 heavy (non-hydrogen) atoms. The van der Waals surface area contributed by atoms with Crippen molar-refractivity contribution in [2.45, 2.75) is 176 Å². The van der Waals surface area contributed by atoms with Crippen LogP contribution in [0.3, 0.4) is 0 Å². The Kier molecular flexibility index (Phi) is 28.9. The van der Waals surface area contributed by atoms with Crippen molar-refractivity contribution in [3.63, 3.8) is 0 Å². The zero-order chi connectivity index (χ0) is 27.5. The van der Waals surface area contributed by atoms with Crippen molar-refractivity contribution in [3.05, 3.63) is 0 Å². The molecule has 1 unspecified atom stereocenters. The molecule has 216 valence electrons. The molecule has 0 saturated carbocycles. The monoisotopic (exact) mass is 544 g/mol. The van der Waals surface area contributed by atoms with E-state index in [1.165, 1.54) is 148 Å². The Bertz CT molecular complexity index is 492. The van der Waals surface area contributed by atoms with Crippen molar-refractivity contribution in [1.29, 1.82) is 0 Å². The van der Waals surface area contributed by atoms with E-state index in [1.807, 2.05) is 0 Å². The van der Waals surface area contributed by atoms with Crippen molar-refractivity contribution in [2.75, 3.05) is 0 Å². The van der Waals surface area contributed by atoms with Gasteiger partial charge in [-0.25, -0.2) is 0 Å². The van der Waals surface area contributed by atoms with Crippen LogP contribution in [0.15, 0.2) is 0 Å². The zero-order valence-electron chi connectivity index (χ0n) is 25.3. The van der Waals surface area contributed by atoms with Crippen LogP contribution in [0.25, 0.3) is 0 Å². The van der Waals surface area contributed by atoms with Gasteiger partial charge in [-0.3, -0.25) is 4.79 Å². The summed E-state index contributed by atoms with van der Waals surface area (Å²) < 4.78 is 5.29. The first-order valence-electron chi connectivity index (χ1n) is 15.5. The summed E-state index contributed by atoms with van der Waals surface area (Å²) in [4.78, 5) is 12.4. The molecule has 0 fully saturated rings. The van der Waals surface area contributed by atoms with Crippen molar-refractivity contribution in [1.82, 2.24) is 0 Å². The lowest BCUT2D eigenvalue weighted by Gasteiger charge is -2.32. The molecule has 1 atom stereocenters. The van der Waals surface area contributed by atoms with Gasteiger partial charge in [0.1, 0.15) is 0 Å². The molecular weight excluding hydrogens is 480 g/mol. The van der Waals surface area contributed by atoms with Crippen molar-refractivity contribution < 1.29 is 14.3 Å². The van der Waals surface area contributed by atoms with Crippen LogP contribution in [0.4, 0.5) is 0 Å². The van der Waals surface area contributed by atoms with E-state index in [2.05, 4.69) is 39.9 Å². The van der Waals surface area contributed by atoms with Crippen LogP contribution in [-0.4, -0.2) is 26.6 Å². The number of carbonyl (C=O) groups is 1. The smallest absolute Gasteiger partial charge is 0.297 e. The molecule has 0 amide bonds. The Hall–Kier alpha value is -0.423. The van der Waals surface area contributed by atoms with Crippen molar-refractivity contribution in [3.8, 4) is 0 Å². The predicted octanol–water partition coefficient (Wildman–Crippen LogP) is 9.97. The van der Waals surface area contributed by atoms with Gasteiger partial charge >= 0.3 is 0 Å². The number of aliphatic hydroxyl groups excluding tert-OH is 1. The summed E-state index contributed by atoms with van der Waals surface area (Å²) in [5.41, 5.74) is -0.318. The van der Waals surface area contributed by atoms with Gasteiger partial charge in [0.05, 0.1) is 5.41 Å². The maximum absolute atomic E-state index is 12.4. The van der Waals surface area contributed by atoms with Gasteiger partial charge < -0.3 is 9.53 Å². The van der Waals surface area contributed by atoms with Crippen molar-refractivity contribution >= 4 is 33.7 Å². The Balaban J connectivity index is 0. The van der Waals surface area contributed by atoms with Gasteiger partial charge in [0.15, 0.2) is 5.05 Å². The normalized spacial score (nSPS) is 12.1. The molecule has 0 aliphatic rings. The first-order chi connectivity index (χ1) is 17.2. The minimum Gasteiger partial charge on any atom is -0.528 e. The Labute approximate surface area is 234 Å². The van der Waals surface area contributed by atoms with E-state index in [4.69, 9.17) is 9.53 Å². The van der Waals surface area contributed by atoms with Gasteiger partial charge in [-0.2, -0.15) is 0 Å². The molecule has 0 radical (unpaired) electrons. The molecule has 1 N–H and O–H groups in total. The number of unbranched alkanes of at least 4 members (excludes halogenated alkanes) is 18. The van der Waals surface area contributed by atoms with Crippen LogP contribution in [0.5, 0.6) is 0 Å². The van der Waals surface area contributed by atoms with Crippen LogP contribution >= 0.6 is 12.2 Å². The lowest BCUT2D eigenvalue weighted by molar-refractivity contribution is -0.147. The first kappa shape index (κ1) is 37.7. The van der Waals surface area contributed by atoms with E-state index in [0.29, 0.717) is 16.4 Å². The second kappa shape index (κ2) is 27.6. The summed E-state index contributed by atoms with van der Waals surface area (Å²) in [6, 6.07) is 0. The van der Waals surface area contributed by atoms with E-state index in [1.54, 1.807) is 0 Å². The molecule has 0 heterocycles. The molecule has 0 aromatic heterocycles. The van der Waals surface area contributed by atoms with Crippen LogP contribution < -0.4 is 0 Å². The van der Waals surface area contributed by atoms with Gasteiger partial charge in [-0.1, -0.05) is 142 Å². The minimum atomic E-state index is -0.318. The van der Waals surface area contributed by atoms with Crippen molar-refractivity contribution in [2.24, 2.45) is 11.3 Å². The van der Waals surface area contributed by atoms with Crippen LogP contribution in [-0.2, 0) is 9.22 Å². The molecule has 0 aromatic rings. The number of hydrogen-bond acceptors (Lipinski definition) is 3. The third-order valence-corrected chi connectivity index (χ3v) is 7.92. The third-order valence-electron chi connectivity index (χ3n) is 7.54. The van der Waals surface area contributed by atoms with E-state index < -0.39 is 0 Å². The lowest BCUT2D eigenvalue weighted by atomic mass is 9.73. The fraction of sp³-hybridized carbons (Fsp3) is 0.935. The van der Waals surface area contributed by atoms with Gasteiger partial charge in [-0.05, 0) is 44.8 Å². The summed E-state index contributed by atoms with van der Waals surface area (Å²) >= 11 is 4.09. The van der Waals surface area contributed by atoms with Gasteiger partial charge in [0, 0.05) is 6.92 Å². The fourth-order valence-electron chi connectivity index (χ4n) is 5.05.